The Morgan fingerprint density at radius 1 is 1.24 bits per heavy atom. The molecule has 3 rings (SSSR count). The number of nitrogens with one attached hydrogen (secondary N) is 1. The number of methoxy groups -OCH3 is 1. The summed E-state index contributed by atoms with van der Waals surface area (Å²) in [5.41, 5.74) is 0.811. The van der Waals surface area contributed by atoms with Crippen LogP contribution in [0.1, 0.15) is 23.6 Å². The van der Waals surface area contributed by atoms with Crippen LogP contribution in [0.25, 0.3) is 0 Å². The van der Waals surface area contributed by atoms with Gasteiger partial charge in [-0.3, -0.25) is 9.59 Å². The van der Waals surface area contributed by atoms with Crippen molar-refractivity contribution in [3.8, 4) is 5.75 Å². The van der Waals surface area contributed by atoms with Crippen LogP contribution < -0.4 is 10.1 Å². The van der Waals surface area contributed by atoms with Crippen LogP contribution in [0.4, 0.5) is 0 Å². The average molecular weight is 418 g/mol. The summed E-state index contributed by atoms with van der Waals surface area (Å²) >= 11 is 1.41. The maximum absolute atomic E-state index is 12.5. The van der Waals surface area contributed by atoms with Gasteiger partial charge in [0.2, 0.25) is 5.91 Å². The first kappa shape index (κ1) is 20.8. The second kappa shape index (κ2) is 9.51. The van der Waals surface area contributed by atoms with Crippen LogP contribution in [-0.2, 0) is 25.7 Å². The molecule has 1 saturated heterocycles. The molecule has 29 heavy (non-hydrogen) atoms. The smallest absolute Gasteiger partial charge is 0.330 e. The number of nitrogens with zero attached hydrogens (tertiary/aromatic N) is 1. The summed E-state index contributed by atoms with van der Waals surface area (Å²) in [6.45, 7) is 1.22. The third-order valence-corrected chi connectivity index (χ3v) is 5.72. The highest BCUT2D eigenvalue weighted by Gasteiger charge is 2.43. The molecule has 0 bridgehead atoms. The molecule has 2 aromatic rings. The van der Waals surface area contributed by atoms with Crippen molar-refractivity contribution in [3.05, 3.63) is 54.0 Å². The lowest BCUT2D eigenvalue weighted by molar-refractivity contribution is -0.156. The van der Waals surface area contributed by atoms with Gasteiger partial charge in [-0.25, -0.2) is 4.79 Å². The molecule has 2 atom stereocenters. The van der Waals surface area contributed by atoms with Gasteiger partial charge in [-0.1, -0.05) is 18.2 Å². The number of carbonyl (C=O) groups excluding carboxylic acids is 3. The third-order valence-electron chi connectivity index (χ3n) is 4.44. The fourth-order valence-electron chi connectivity index (χ4n) is 3.05. The second-order valence-corrected chi connectivity index (χ2v) is 7.45. The maximum atomic E-state index is 12.5. The van der Waals surface area contributed by atoms with Crippen molar-refractivity contribution in [3.63, 3.8) is 0 Å². The Morgan fingerprint density at radius 2 is 2.03 bits per heavy atom. The van der Waals surface area contributed by atoms with Crippen LogP contribution in [0.5, 0.6) is 5.75 Å². The summed E-state index contributed by atoms with van der Waals surface area (Å²) in [5, 5.41) is 2.30. The topological polar surface area (TPSA) is 98.1 Å². The molecule has 1 fully saturated rings. The SMILES string of the molecule is COc1ccccc1CNC(=O)COC(=O)[C@@H]1CS[C@@H](c2ccco2)N1C(C)=O. The molecule has 154 valence electrons. The Bertz CT molecular complexity index is 870. The standard InChI is InChI=1S/C20H22N2O6S/c1-13(23)22-15(12-29-19(22)17-8-5-9-27-17)20(25)28-11-18(24)21-10-14-6-3-4-7-16(14)26-2/h3-9,15,19H,10-12H2,1-2H3,(H,21,24)/t15-,19-/m0/s1. The van der Waals surface area contributed by atoms with Gasteiger partial charge in [-0.2, -0.15) is 0 Å². The zero-order valence-corrected chi connectivity index (χ0v) is 16.9. The van der Waals surface area contributed by atoms with Gasteiger partial charge in [0, 0.05) is 24.8 Å². The van der Waals surface area contributed by atoms with Gasteiger partial charge in [0.05, 0.1) is 13.4 Å². The van der Waals surface area contributed by atoms with Gasteiger partial charge in [-0.15, -0.1) is 11.8 Å². The number of esters is 1. The number of rotatable bonds is 7. The molecule has 0 saturated carbocycles. The van der Waals surface area contributed by atoms with E-state index in [0.717, 1.165) is 5.56 Å². The van der Waals surface area contributed by atoms with Crippen molar-refractivity contribution in [1.82, 2.24) is 10.2 Å². The highest BCUT2D eigenvalue weighted by molar-refractivity contribution is 7.99. The first-order valence-electron chi connectivity index (χ1n) is 9.00. The normalized spacial score (nSPS) is 18.3. The van der Waals surface area contributed by atoms with Gasteiger partial charge in [-0.05, 0) is 18.2 Å². The first-order valence-corrected chi connectivity index (χ1v) is 10.0. The fourth-order valence-corrected chi connectivity index (χ4v) is 4.47. The van der Waals surface area contributed by atoms with E-state index in [4.69, 9.17) is 13.9 Å². The van der Waals surface area contributed by atoms with Crippen LogP contribution >= 0.6 is 11.8 Å². The Balaban J connectivity index is 1.53. The predicted octanol–water partition coefficient (Wildman–Crippen LogP) is 2.11. The molecule has 1 aromatic heterocycles. The third kappa shape index (κ3) is 4.92. The molecule has 2 heterocycles. The van der Waals surface area contributed by atoms with E-state index in [-0.39, 0.29) is 17.8 Å². The zero-order valence-electron chi connectivity index (χ0n) is 16.1. The van der Waals surface area contributed by atoms with E-state index >= 15 is 0 Å². The lowest BCUT2D eigenvalue weighted by Crippen LogP contribution is -2.43. The van der Waals surface area contributed by atoms with E-state index in [9.17, 15) is 14.4 Å². The number of ether oxygens (including phenoxy) is 2. The Hall–Kier alpha value is -2.94. The summed E-state index contributed by atoms with van der Waals surface area (Å²) in [7, 11) is 1.55. The summed E-state index contributed by atoms with van der Waals surface area (Å²) in [5.74, 6) is 0.302. The number of carbonyl (C=O) groups is 3. The van der Waals surface area contributed by atoms with E-state index in [1.807, 2.05) is 18.2 Å². The number of amides is 2. The summed E-state index contributed by atoms with van der Waals surface area (Å²) in [4.78, 5) is 38.1. The number of para-hydroxylation sites is 1. The molecule has 0 radical (unpaired) electrons. The Labute approximate surface area is 172 Å². The highest BCUT2D eigenvalue weighted by Crippen LogP contribution is 2.41. The first-order chi connectivity index (χ1) is 14.0. The lowest BCUT2D eigenvalue weighted by Gasteiger charge is -2.25. The molecule has 1 aliphatic heterocycles. The minimum absolute atomic E-state index is 0.250. The van der Waals surface area contributed by atoms with Gasteiger partial charge in [0.25, 0.3) is 5.91 Å². The molecule has 0 aliphatic carbocycles. The quantitative estimate of drug-likeness (QED) is 0.688. The van der Waals surface area contributed by atoms with Crippen LogP contribution in [0.15, 0.2) is 47.1 Å². The fraction of sp³-hybridized carbons (Fsp3) is 0.350. The number of furan rings is 1. The molecule has 0 unspecified atom stereocenters. The van der Waals surface area contributed by atoms with Gasteiger partial charge in [0.1, 0.15) is 22.9 Å². The number of hydrogen-bond acceptors (Lipinski definition) is 7. The van der Waals surface area contributed by atoms with Crippen LogP contribution in [-0.4, -0.2) is 48.2 Å². The minimum Gasteiger partial charge on any atom is -0.496 e. The largest absolute Gasteiger partial charge is 0.496 e. The van der Waals surface area contributed by atoms with Crippen molar-refractivity contribution in [1.29, 1.82) is 0 Å². The highest BCUT2D eigenvalue weighted by atomic mass is 32.2. The van der Waals surface area contributed by atoms with E-state index in [0.29, 0.717) is 17.3 Å². The predicted molar refractivity (Wildman–Crippen MR) is 106 cm³/mol. The van der Waals surface area contributed by atoms with Gasteiger partial charge >= 0.3 is 5.97 Å². The molecule has 8 nitrogen and oxygen atoms in total. The van der Waals surface area contributed by atoms with E-state index in [2.05, 4.69) is 5.32 Å². The minimum atomic E-state index is -0.769. The van der Waals surface area contributed by atoms with Crippen molar-refractivity contribution in [2.24, 2.45) is 0 Å². The molecular weight excluding hydrogens is 396 g/mol. The molecular formula is C20H22N2O6S. The maximum Gasteiger partial charge on any atom is 0.330 e. The van der Waals surface area contributed by atoms with Crippen molar-refractivity contribution < 1.29 is 28.3 Å². The van der Waals surface area contributed by atoms with Crippen molar-refractivity contribution >= 4 is 29.5 Å². The zero-order chi connectivity index (χ0) is 20.8. The average Bonchev–Trinajstić information content (AvgIpc) is 3.40. The van der Waals surface area contributed by atoms with Gasteiger partial charge < -0.3 is 24.1 Å². The monoisotopic (exact) mass is 418 g/mol. The number of hydrogen-bond donors (Lipinski definition) is 1. The molecule has 1 aliphatic rings. The molecule has 9 heteroatoms. The lowest BCUT2D eigenvalue weighted by atomic mass is 10.2. The molecule has 1 N–H and O–H groups in total. The van der Waals surface area contributed by atoms with Crippen LogP contribution in [0.2, 0.25) is 0 Å². The van der Waals surface area contributed by atoms with E-state index in [1.165, 1.54) is 29.8 Å². The van der Waals surface area contributed by atoms with Crippen LogP contribution in [0, 0.1) is 0 Å². The molecule has 2 amide bonds. The summed E-state index contributed by atoms with van der Waals surface area (Å²) < 4.78 is 15.8. The Kier molecular flexibility index (Phi) is 6.82. The molecule has 1 aromatic carbocycles. The molecule has 0 spiro atoms. The summed E-state index contributed by atoms with van der Waals surface area (Å²) in [6.07, 6.45) is 1.52. The van der Waals surface area contributed by atoms with Gasteiger partial charge in [0.15, 0.2) is 6.61 Å². The number of benzene rings is 1. The second-order valence-electron chi connectivity index (χ2n) is 6.34. The number of thioether (sulfide) groups is 1. The van der Waals surface area contributed by atoms with Crippen molar-refractivity contribution in [2.45, 2.75) is 24.9 Å². The van der Waals surface area contributed by atoms with Crippen LogP contribution in [0.3, 0.4) is 0 Å². The van der Waals surface area contributed by atoms with E-state index < -0.39 is 24.5 Å². The Morgan fingerprint density at radius 3 is 2.72 bits per heavy atom. The van der Waals surface area contributed by atoms with Crippen molar-refractivity contribution in [2.75, 3.05) is 19.5 Å². The van der Waals surface area contributed by atoms with E-state index in [1.54, 1.807) is 25.3 Å². The summed E-state index contributed by atoms with van der Waals surface area (Å²) in [6, 6.07) is 10.0.